The predicted molar refractivity (Wildman–Crippen MR) is 162 cm³/mol. The first-order chi connectivity index (χ1) is 15.4. The minimum Gasteiger partial charge on any atom is -0.687 e. The maximum Gasteiger partial charge on any atom is 2.00 e. The van der Waals surface area contributed by atoms with Gasteiger partial charge in [0.1, 0.15) is 0 Å². The minimum absolute atomic E-state index is 0. The van der Waals surface area contributed by atoms with Crippen molar-refractivity contribution in [3.63, 3.8) is 0 Å². The van der Waals surface area contributed by atoms with Gasteiger partial charge in [-0.05, 0) is 40.1 Å². The topological polar surface area (TPSA) is 28.2 Å². The zero-order valence-corrected chi connectivity index (χ0v) is 28.0. The summed E-state index contributed by atoms with van der Waals surface area (Å²) in [4.78, 5) is 10.1. The van der Waals surface area contributed by atoms with Crippen LogP contribution in [-0.4, -0.2) is 16.5 Å². The van der Waals surface area contributed by atoms with Crippen molar-refractivity contribution >= 4 is 27.8 Å². The van der Waals surface area contributed by atoms with E-state index in [1.165, 1.54) is 33.6 Å². The van der Waals surface area contributed by atoms with E-state index >= 15 is 0 Å². The van der Waals surface area contributed by atoms with Gasteiger partial charge in [0, 0.05) is 0 Å². The zero-order valence-electron chi connectivity index (χ0n) is 25.0. The van der Waals surface area contributed by atoms with Crippen molar-refractivity contribution in [1.82, 2.24) is 0 Å². The summed E-state index contributed by atoms with van der Waals surface area (Å²) in [6.07, 6.45) is 0. The molecule has 2 nitrogen and oxygen atoms in total. The molecule has 0 aliphatic rings. The number of hydrogen-bond acceptors (Lipinski definition) is 0. The second-order valence-corrected chi connectivity index (χ2v) is 21.9. The molecule has 2 aromatic rings. The maximum atomic E-state index is 5.07. The maximum absolute atomic E-state index is 5.07. The monoisotopic (exact) mass is 554 g/mol. The molecule has 0 fully saturated rings. The molecular formula is C30H52N2NiSi2. The third-order valence-electron chi connectivity index (χ3n) is 5.58. The molecule has 0 bridgehead atoms. The molecule has 0 heterocycles. The molecule has 0 amide bonds. The van der Waals surface area contributed by atoms with Gasteiger partial charge in [0.25, 0.3) is 0 Å². The van der Waals surface area contributed by atoms with Crippen LogP contribution in [0.15, 0.2) is 36.4 Å². The molecule has 0 aliphatic heterocycles. The van der Waals surface area contributed by atoms with Crippen LogP contribution in [0, 0.1) is 0 Å². The van der Waals surface area contributed by atoms with Crippen LogP contribution in [0.3, 0.4) is 0 Å². The van der Waals surface area contributed by atoms with Crippen LogP contribution in [0.4, 0.5) is 11.4 Å². The second-order valence-electron chi connectivity index (χ2n) is 12.8. The molecule has 0 radical (unpaired) electrons. The van der Waals surface area contributed by atoms with E-state index in [2.05, 4.69) is 131 Å². The Morgan fingerprint density at radius 2 is 0.657 bits per heavy atom. The SMILES string of the molecule is CC(C)c1cccc(C(C)C)c1[N-][Si](C)(C)C.CC(C)c1cccc(C(C)C)c1[N-][Si](C)(C)C.[Ni+2]. The van der Waals surface area contributed by atoms with Crippen molar-refractivity contribution in [3.8, 4) is 0 Å². The summed E-state index contributed by atoms with van der Waals surface area (Å²) in [5.74, 6) is 2.18. The molecule has 0 spiro atoms. The summed E-state index contributed by atoms with van der Waals surface area (Å²) in [5, 5.41) is 0. The van der Waals surface area contributed by atoms with E-state index in [1.54, 1.807) is 0 Å². The first-order valence-corrected chi connectivity index (χ1v) is 20.1. The van der Waals surface area contributed by atoms with Crippen LogP contribution in [0.1, 0.15) is 101 Å². The Morgan fingerprint density at radius 3 is 0.800 bits per heavy atom. The fourth-order valence-corrected chi connectivity index (χ4v) is 5.81. The average molecular weight is 556 g/mol. The third kappa shape index (κ3) is 11.3. The normalized spacial score (nSPS) is 11.9. The smallest absolute Gasteiger partial charge is 0.687 e. The molecule has 0 N–H and O–H groups in total. The Hall–Kier alpha value is -1.03. The average Bonchev–Trinajstić information content (AvgIpc) is 2.65. The third-order valence-corrected chi connectivity index (χ3v) is 7.37. The first-order valence-electron chi connectivity index (χ1n) is 13.2. The van der Waals surface area contributed by atoms with Crippen molar-refractivity contribution in [2.45, 2.75) is 118 Å². The van der Waals surface area contributed by atoms with Gasteiger partial charge in [-0.15, -0.1) is 11.4 Å². The van der Waals surface area contributed by atoms with Crippen molar-refractivity contribution in [2.75, 3.05) is 0 Å². The Balaban J connectivity index is 0.000000642. The summed E-state index contributed by atoms with van der Waals surface area (Å²) in [7, 11) is -2.86. The largest absolute Gasteiger partial charge is 2.00 e. The second kappa shape index (κ2) is 14.1. The van der Waals surface area contributed by atoms with E-state index in [0.29, 0.717) is 23.7 Å². The van der Waals surface area contributed by atoms with Gasteiger partial charge >= 0.3 is 16.5 Å². The molecular weight excluding hydrogens is 503 g/mol. The molecule has 2 rings (SSSR count). The van der Waals surface area contributed by atoms with Crippen LogP contribution in [0.25, 0.3) is 9.96 Å². The fraction of sp³-hybridized carbons (Fsp3) is 0.600. The van der Waals surface area contributed by atoms with Crippen LogP contribution < -0.4 is 0 Å². The fourth-order valence-electron chi connectivity index (χ4n) is 3.95. The van der Waals surface area contributed by atoms with Crippen LogP contribution in [0.2, 0.25) is 39.3 Å². The van der Waals surface area contributed by atoms with E-state index in [4.69, 9.17) is 9.96 Å². The Labute approximate surface area is 230 Å². The van der Waals surface area contributed by atoms with Crippen LogP contribution >= 0.6 is 0 Å². The summed E-state index contributed by atoms with van der Waals surface area (Å²) in [6, 6.07) is 13.3. The molecule has 0 atom stereocenters. The molecule has 2 aromatic carbocycles. The van der Waals surface area contributed by atoms with Crippen LogP contribution in [0.5, 0.6) is 0 Å². The molecule has 0 aromatic heterocycles. The van der Waals surface area contributed by atoms with Crippen LogP contribution in [-0.2, 0) is 16.5 Å². The number of hydrogen-bond donors (Lipinski definition) is 0. The van der Waals surface area contributed by atoms with Gasteiger partial charge in [0.2, 0.25) is 0 Å². The summed E-state index contributed by atoms with van der Waals surface area (Å²) >= 11 is 0. The van der Waals surface area contributed by atoms with Gasteiger partial charge in [-0.2, -0.15) is 0 Å². The van der Waals surface area contributed by atoms with E-state index in [9.17, 15) is 0 Å². The molecule has 0 unspecified atom stereocenters. The quantitative estimate of drug-likeness (QED) is 0.290. The first kappa shape index (κ1) is 34.0. The number of nitrogens with zero attached hydrogens (tertiary/aromatic N) is 2. The van der Waals surface area contributed by atoms with E-state index in [0.717, 1.165) is 0 Å². The Morgan fingerprint density at radius 1 is 0.457 bits per heavy atom. The van der Waals surface area contributed by atoms with Gasteiger partial charge in [-0.3, -0.25) is 0 Å². The van der Waals surface area contributed by atoms with Gasteiger partial charge in [-0.1, -0.05) is 153 Å². The summed E-state index contributed by atoms with van der Waals surface area (Å²) in [5.41, 5.74) is 8.16. The molecule has 0 saturated heterocycles. The van der Waals surface area contributed by atoms with Crippen molar-refractivity contribution < 1.29 is 16.5 Å². The minimum atomic E-state index is -1.43. The summed E-state index contributed by atoms with van der Waals surface area (Å²) in [6.45, 7) is 31.8. The van der Waals surface area contributed by atoms with E-state index < -0.39 is 16.5 Å². The molecule has 0 aliphatic carbocycles. The van der Waals surface area contributed by atoms with Gasteiger partial charge in [0.05, 0.1) is 0 Å². The Bertz CT molecular complexity index is 780. The molecule has 0 saturated carbocycles. The van der Waals surface area contributed by atoms with Gasteiger partial charge < -0.3 is 9.96 Å². The van der Waals surface area contributed by atoms with Crippen molar-refractivity contribution in [2.24, 2.45) is 0 Å². The summed E-state index contributed by atoms with van der Waals surface area (Å²) < 4.78 is 0. The van der Waals surface area contributed by atoms with E-state index in [-0.39, 0.29) is 16.5 Å². The molecule has 35 heavy (non-hydrogen) atoms. The molecule has 200 valence electrons. The van der Waals surface area contributed by atoms with Crippen molar-refractivity contribution in [1.29, 1.82) is 0 Å². The molecule has 5 heteroatoms. The number of benzene rings is 2. The van der Waals surface area contributed by atoms with Gasteiger partial charge in [0.15, 0.2) is 0 Å². The van der Waals surface area contributed by atoms with E-state index in [1.807, 2.05) is 0 Å². The Kier molecular flexibility index (Phi) is 13.6. The number of rotatable bonds is 8. The predicted octanol–water partition coefficient (Wildman–Crippen LogP) is 11.5. The van der Waals surface area contributed by atoms with Crippen molar-refractivity contribution in [3.05, 3.63) is 68.6 Å². The van der Waals surface area contributed by atoms with Gasteiger partial charge in [-0.25, -0.2) is 0 Å². The zero-order chi connectivity index (χ0) is 26.4. The standard InChI is InChI=1S/2C15H26NSi.Ni/c2*1-11(2)13-9-8-10-14(12(3)4)15(13)16-17(5,6)7;/h2*8-12H,1-7H3;/q2*-1;+2.